The number of aryl methyl sites for hydroxylation is 1. The Kier molecular flexibility index (Phi) is 5.61. The van der Waals surface area contributed by atoms with E-state index < -0.39 is 9.84 Å². The van der Waals surface area contributed by atoms with E-state index in [1.54, 1.807) is 9.58 Å². The molecule has 0 saturated carbocycles. The Morgan fingerprint density at radius 1 is 1.38 bits per heavy atom. The molecule has 8 nitrogen and oxygen atoms in total. The molecule has 0 bridgehead atoms. The third-order valence-electron chi connectivity index (χ3n) is 4.42. The quantitative estimate of drug-likeness (QED) is 0.676. The van der Waals surface area contributed by atoms with Crippen LogP contribution in [-0.4, -0.2) is 69.3 Å². The molecule has 2 aromatic rings. The molecule has 0 N–H and O–H groups in total. The van der Waals surface area contributed by atoms with Gasteiger partial charge in [0.05, 0.1) is 22.9 Å². The number of rotatable bonds is 6. The first-order chi connectivity index (χ1) is 12.4. The minimum atomic E-state index is -3.03. The second-order valence-electron chi connectivity index (χ2n) is 6.19. The van der Waals surface area contributed by atoms with Crippen molar-refractivity contribution in [2.75, 3.05) is 23.8 Å². The van der Waals surface area contributed by atoms with Crippen molar-refractivity contribution >= 4 is 27.5 Å². The molecule has 3 rings (SSSR count). The van der Waals surface area contributed by atoms with Crippen LogP contribution in [0.25, 0.3) is 5.69 Å². The number of nitrogens with zero attached hydrogens (tertiary/aromatic N) is 5. The van der Waals surface area contributed by atoms with Gasteiger partial charge < -0.3 is 4.90 Å². The maximum atomic E-state index is 12.6. The van der Waals surface area contributed by atoms with Gasteiger partial charge in [-0.15, -0.1) is 5.10 Å². The summed E-state index contributed by atoms with van der Waals surface area (Å²) in [5, 5.41) is 12.3. The number of tetrazole rings is 1. The van der Waals surface area contributed by atoms with Crippen molar-refractivity contribution < 1.29 is 13.2 Å². The summed E-state index contributed by atoms with van der Waals surface area (Å²) in [6, 6.07) is 7.50. The van der Waals surface area contributed by atoms with Crippen molar-refractivity contribution in [2.24, 2.45) is 0 Å². The van der Waals surface area contributed by atoms with Gasteiger partial charge in [0.15, 0.2) is 9.84 Å². The average molecular weight is 396 g/mol. The predicted octanol–water partition coefficient (Wildman–Crippen LogP) is 1.10. The average Bonchev–Trinajstić information content (AvgIpc) is 3.20. The van der Waals surface area contributed by atoms with Crippen LogP contribution < -0.4 is 0 Å². The second kappa shape index (κ2) is 7.75. The molecule has 140 valence electrons. The molecule has 1 saturated heterocycles. The molecular formula is C16H21N5O3S2. The SMILES string of the molecule is CCN(C(=O)CSc1nnnn1-c1ccccc1C)[C@@H]1CCS(=O)(=O)C1. The van der Waals surface area contributed by atoms with Crippen LogP contribution in [-0.2, 0) is 14.6 Å². The molecular weight excluding hydrogens is 374 g/mol. The van der Waals surface area contributed by atoms with Crippen molar-refractivity contribution in [3.8, 4) is 5.69 Å². The molecule has 1 aliphatic rings. The van der Waals surface area contributed by atoms with Gasteiger partial charge in [0.25, 0.3) is 0 Å². The summed E-state index contributed by atoms with van der Waals surface area (Å²) in [7, 11) is -3.03. The van der Waals surface area contributed by atoms with Gasteiger partial charge in [-0.1, -0.05) is 30.0 Å². The van der Waals surface area contributed by atoms with E-state index in [0.29, 0.717) is 18.1 Å². The topological polar surface area (TPSA) is 98.1 Å². The maximum absolute atomic E-state index is 12.6. The zero-order valence-electron chi connectivity index (χ0n) is 14.7. The zero-order valence-corrected chi connectivity index (χ0v) is 16.3. The van der Waals surface area contributed by atoms with Gasteiger partial charge in [-0.2, -0.15) is 4.68 Å². The largest absolute Gasteiger partial charge is 0.338 e. The van der Waals surface area contributed by atoms with E-state index in [1.807, 2.05) is 38.1 Å². The van der Waals surface area contributed by atoms with Gasteiger partial charge in [0, 0.05) is 12.6 Å². The lowest BCUT2D eigenvalue weighted by Crippen LogP contribution is -2.42. The summed E-state index contributed by atoms with van der Waals surface area (Å²) >= 11 is 1.25. The van der Waals surface area contributed by atoms with Crippen LogP contribution in [0.15, 0.2) is 29.4 Å². The second-order valence-corrected chi connectivity index (χ2v) is 9.36. The number of benzene rings is 1. The Morgan fingerprint density at radius 3 is 2.81 bits per heavy atom. The molecule has 1 fully saturated rings. The first-order valence-corrected chi connectivity index (χ1v) is 11.2. The highest BCUT2D eigenvalue weighted by molar-refractivity contribution is 7.99. The maximum Gasteiger partial charge on any atom is 0.233 e. The highest BCUT2D eigenvalue weighted by Gasteiger charge is 2.33. The van der Waals surface area contributed by atoms with Crippen molar-refractivity contribution in [1.29, 1.82) is 0 Å². The van der Waals surface area contributed by atoms with Gasteiger partial charge in [-0.05, 0) is 42.3 Å². The first kappa shape index (κ1) is 18.8. The number of carbonyl (C=O) groups excluding carboxylic acids is 1. The minimum absolute atomic E-state index is 0.0538. The van der Waals surface area contributed by atoms with Gasteiger partial charge in [0.1, 0.15) is 0 Å². The Hall–Kier alpha value is -1.94. The third-order valence-corrected chi connectivity index (χ3v) is 7.07. The molecule has 0 unspecified atom stereocenters. The van der Waals surface area contributed by atoms with Crippen LogP contribution in [0.1, 0.15) is 18.9 Å². The van der Waals surface area contributed by atoms with Crippen molar-refractivity contribution in [3.05, 3.63) is 29.8 Å². The highest BCUT2D eigenvalue weighted by atomic mass is 32.2. The summed E-state index contributed by atoms with van der Waals surface area (Å²) in [4.78, 5) is 14.3. The Morgan fingerprint density at radius 2 is 2.15 bits per heavy atom. The smallest absolute Gasteiger partial charge is 0.233 e. The number of hydrogen-bond donors (Lipinski definition) is 0. The molecule has 26 heavy (non-hydrogen) atoms. The Balaban J connectivity index is 1.69. The molecule has 1 atom stereocenters. The number of aromatic nitrogens is 4. The fraction of sp³-hybridized carbons (Fsp3) is 0.500. The summed E-state index contributed by atoms with van der Waals surface area (Å²) in [5.74, 6) is 0.272. The normalized spacial score (nSPS) is 18.8. The number of thioether (sulfide) groups is 1. The van der Waals surface area contributed by atoms with Crippen molar-refractivity contribution in [1.82, 2.24) is 25.1 Å². The lowest BCUT2D eigenvalue weighted by molar-refractivity contribution is -0.129. The molecule has 0 radical (unpaired) electrons. The molecule has 2 heterocycles. The lowest BCUT2D eigenvalue weighted by atomic mass is 10.2. The highest BCUT2D eigenvalue weighted by Crippen LogP contribution is 2.23. The van der Waals surface area contributed by atoms with Crippen LogP contribution in [0.2, 0.25) is 0 Å². The monoisotopic (exact) mass is 395 g/mol. The Labute approximate surface area is 156 Å². The third kappa shape index (κ3) is 4.07. The van der Waals surface area contributed by atoms with Gasteiger partial charge in [0.2, 0.25) is 11.1 Å². The van der Waals surface area contributed by atoms with E-state index >= 15 is 0 Å². The van der Waals surface area contributed by atoms with E-state index in [1.165, 1.54) is 11.8 Å². The van der Waals surface area contributed by atoms with Gasteiger partial charge in [-0.3, -0.25) is 4.79 Å². The summed E-state index contributed by atoms with van der Waals surface area (Å²) in [6.07, 6.45) is 0.507. The number of para-hydroxylation sites is 1. The molecule has 0 aliphatic carbocycles. The molecule has 1 aromatic carbocycles. The molecule has 0 spiro atoms. The minimum Gasteiger partial charge on any atom is -0.338 e. The molecule has 10 heteroatoms. The first-order valence-electron chi connectivity index (χ1n) is 8.38. The van der Waals surface area contributed by atoms with Crippen LogP contribution >= 0.6 is 11.8 Å². The van der Waals surface area contributed by atoms with E-state index in [9.17, 15) is 13.2 Å². The summed E-state index contributed by atoms with van der Waals surface area (Å²) in [6.45, 7) is 4.32. The summed E-state index contributed by atoms with van der Waals surface area (Å²) < 4.78 is 25.0. The zero-order chi connectivity index (χ0) is 18.7. The fourth-order valence-corrected chi connectivity index (χ4v) is 5.59. The van der Waals surface area contributed by atoms with E-state index in [-0.39, 0.29) is 29.2 Å². The number of carbonyl (C=O) groups is 1. The Bertz CT molecular complexity index is 897. The number of sulfone groups is 1. The molecule has 1 amide bonds. The lowest BCUT2D eigenvalue weighted by Gasteiger charge is -2.26. The van der Waals surface area contributed by atoms with E-state index in [0.717, 1.165) is 11.3 Å². The standard InChI is InChI=1S/C16H21N5O3S2/c1-3-20(13-8-9-26(23,24)11-13)15(22)10-25-16-17-18-19-21(16)14-7-5-4-6-12(14)2/h4-7,13H,3,8-11H2,1-2H3/t13-/m1/s1. The molecule has 1 aliphatic heterocycles. The van der Waals surface area contributed by atoms with Gasteiger partial charge >= 0.3 is 0 Å². The number of amides is 1. The van der Waals surface area contributed by atoms with Crippen LogP contribution in [0.5, 0.6) is 0 Å². The fourth-order valence-electron chi connectivity index (χ4n) is 3.09. The van der Waals surface area contributed by atoms with Crippen molar-refractivity contribution in [2.45, 2.75) is 31.5 Å². The van der Waals surface area contributed by atoms with Crippen LogP contribution in [0, 0.1) is 6.92 Å². The van der Waals surface area contributed by atoms with Gasteiger partial charge in [-0.25, -0.2) is 8.42 Å². The number of hydrogen-bond acceptors (Lipinski definition) is 7. The van der Waals surface area contributed by atoms with Crippen molar-refractivity contribution in [3.63, 3.8) is 0 Å². The van der Waals surface area contributed by atoms with Crippen LogP contribution in [0.4, 0.5) is 0 Å². The van der Waals surface area contributed by atoms with Crippen LogP contribution in [0.3, 0.4) is 0 Å². The van der Waals surface area contributed by atoms with E-state index in [2.05, 4.69) is 15.5 Å². The molecule has 1 aromatic heterocycles. The van der Waals surface area contributed by atoms with E-state index in [4.69, 9.17) is 0 Å². The summed E-state index contributed by atoms with van der Waals surface area (Å²) in [5.41, 5.74) is 1.89. The predicted molar refractivity (Wildman–Crippen MR) is 99.1 cm³/mol.